The lowest BCUT2D eigenvalue weighted by Gasteiger charge is -2.20. The molecule has 0 aromatic carbocycles. The van der Waals surface area contributed by atoms with Gasteiger partial charge in [-0.25, -0.2) is 4.98 Å². The SMILES string of the molecule is CCc1nc2sccn2c(=O)c1C(=O)N(C)CC1OCCO1. The molecule has 1 fully saturated rings. The zero-order valence-electron chi connectivity index (χ0n) is 12.4. The predicted molar refractivity (Wildman–Crippen MR) is 81.4 cm³/mol. The van der Waals surface area contributed by atoms with Gasteiger partial charge in [-0.1, -0.05) is 6.92 Å². The standard InChI is InChI=1S/C14H17N3O4S/c1-3-9-11(13(19)17-4-7-22-14(17)15-9)12(18)16(2)8-10-20-5-6-21-10/h4,7,10H,3,5-6,8H2,1-2H3. The van der Waals surface area contributed by atoms with E-state index in [-0.39, 0.29) is 23.6 Å². The molecule has 0 bridgehead atoms. The highest BCUT2D eigenvalue weighted by atomic mass is 32.1. The number of aryl methyl sites for hydroxylation is 1. The second-order valence-electron chi connectivity index (χ2n) is 5.00. The summed E-state index contributed by atoms with van der Waals surface area (Å²) >= 11 is 1.37. The Balaban J connectivity index is 1.95. The Kier molecular flexibility index (Phi) is 4.23. The molecule has 2 aromatic heterocycles. The first-order valence-electron chi connectivity index (χ1n) is 7.09. The Morgan fingerprint density at radius 1 is 1.50 bits per heavy atom. The number of likely N-dealkylation sites (N-methyl/N-ethyl adjacent to an activating group) is 1. The summed E-state index contributed by atoms with van der Waals surface area (Å²) in [6, 6.07) is 0. The third kappa shape index (κ3) is 2.65. The monoisotopic (exact) mass is 323 g/mol. The number of nitrogens with zero attached hydrogens (tertiary/aromatic N) is 3. The van der Waals surface area contributed by atoms with Crippen molar-refractivity contribution in [3.8, 4) is 0 Å². The fraction of sp³-hybridized carbons (Fsp3) is 0.500. The quantitative estimate of drug-likeness (QED) is 0.831. The average Bonchev–Trinajstić information content (AvgIpc) is 3.17. The van der Waals surface area contributed by atoms with Crippen LogP contribution < -0.4 is 5.56 Å². The fourth-order valence-corrected chi connectivity index (χ4v) is 3.13. The minimum absolute atomic E-state index is 0.124. The Labute approximate surface area is 131 Å². The average molecular weight is 323 g/mol. The van der Waals surface area contributed by atoms with Crippen LogP contribution in [0.2, 0.25) is 0 Å². The van der Waals surface area contributed by atoms with E-state index in [2.05, 4.69) is 4.98 Å². The van der Waals surface area contributed by atoms with Gasteiger partial charge in [-0.15, -0.1) is 11.3 Å². The van der Waals surface area contributed by atoms with Crippen molar-refractivity contribution in [3.05, 3.63) is 33.2 Å². The van der Waals surface area contributed by atoms with E-state index >= 15 is 0 Å². The van der Waals surface area contributed by atoms with E-state index < -0.39 is 6.29 Å². The normalized spacial score (nSPS) is 15.5. The highest BCUT2D eigenvalue weighted by Crippen LogP contribution is 2.13. The van der Waals surface area contributed by atoms with Crippen LogP contribution in [-0.2, 0) is 15.9 Å². The number of amides is 1. The van der Waals surface area contributed by atoms with E-state index in [1.54, 1.807) is 18.6 Å². The lowest BCUT2D eigenvalue weighted by Crippen LogP contribution is -2.39. The molecule has 2 aromatic rings. The highest BCUT2D eigenvalue weighted by molar-refractivity contribution is 7.15. The van der Waals surface area contributed by atoms with Crippen LogP contribution in [-0.4, -0.2) is 53.3 Å². The topological polar surface area (TPSA) is 73.1 Å². The Morgan fingerprint density at radius 3 is 2.91 bits per heavy atom. The number of aromatic nitrogens is 2. The molecule has 0 unspecified atom stereocenters. The maximum absolute atomic E-state index is 12.7. The molecule has 0 aliphatic carbocycles. The summed E-state index contributed by atoms with van der Waals surface area (Å²) in [6.07, 6.45) is 1.73. The van der Waals surface area contributed by atoms with Crippen molar-refractivity contribution in [2.45, 2.75) is 19.6 Å². The van der Waals surface area contributed by atoms with E-state index in [0.29, 0.717) is 30.3 Å². The van der Waals surface area contributed by atoms with Gasteiger partial charge in [-0.2, -0.15) is 0 Å². The van der Waals surface area contributed by atoms with Crippen molar-refractivity contribution in [1.29, 1.82) is 0 Å². The second kappa shape index (κ2) is 6.15. The van der Waals surface area contributed by atoms with Gasteiger partial charge in [0.15, 0.2) is 11.3 Å². The van der Waals surface area contributed by atoms with E-state index in [1.807, 2.05) is 6.92 Å². The molecule has 22 heavy (non-hydrogen) atoms. The lowest BCUT2D eigenvalue weighted by molar-refractivity contribution is -0.0543. The number of ether oxygens (including phenoxy) is 2. The largest absolute Gasteiger partial charge is 0.348 e. The molecule has 1 saturated heterocycles. The van der Waals surface area contributed by atoms with E-state index in [9.17, 15) is 9.59 Å². The smallest absolute Gasteiger partial charge is 0.271 e. The number of fused-ring (bicyclic) bond motifs is 1. The number of hydrogen-bond donors (Lipinski definition) is 0. The second-order valence-corrected chi connectivity index (χ2v) is 5.88. The van der Waals surface area contributed by atoms with Gasteiger partial charge in [0.05, 0.1) is 25.5 Å². The van der Waals surface area contributed by atoms with E-state index in [1.165, 1.54) is 20.6 Å². The fourth-order valence-electron chi connectivity index (χ4n) is 2.40. The Morgan fingerprint density at radius 2 is 2.23 bits per heavy atom. The minimum atomic E-state index is -0.431. The van der Waals surface area contributed by atoms with Gasteiger partial charge >= 0.3 is 0 Å². The molecule has 3 heterocycles. The number of carbonyl (C=O) groups is 1. The van der Waals surface area contributed by atoms with Gasteiger partial charge in [0.1, 0.15) is 5.56 Å². The van der Waals surface area contributed by atoms with Crippen molar-refractivity contribution >= 4 is 22.2 Å². The van der Waals surface area contributed by atoms with Gasteiger partial charge in [-0.3, -0.25) is 14.0 Å². The van der Waals surface area contributed by atoms with Crippen LogP contribution in [0.4, 0.5) is 0 Å². The molecule has 1 amide bonds. The molecule has 0 radical (unpaired) electrons. The van der Waals surface area contributed by atoms with E-state index in [4.69, 9.17) is 9.47 Å². The molecule has 0 saturated carbocycles. The van der Waals surface area contributed by atoms with Crippen molar-refractivity contribution in [1.82, 2.24) is 14.3 Å². The van der Waals surface area contributed by atoms with Crippen LogP contribution in [0, 0.1) is 0 Å². The molecular formula is C14H17N3O4S. The summed E-state index contributed by atoms with van der Waals surface area (Å²) in [5, 5.41) is 1.78. The molecule has 1 aliphatic rings. The first-order valence-corrected chi connectivity index (χ1v) is 7.97. The summed E-state index contributed by atoms with van der Waals surface area (Å²) in [6.45, 7) is 3.22. The molecule has 1 aliphatic heterocycles. The molecule has 8 heteroatoms. The number of hydrogen-bond acceptors (Lipinski definition) is 6. The molecule has 3 rings (SSSR count). The molecule has 118 valence electrons. The molecule has 7 nitrogen and oxygen atoms in total. The van der Waals surface area contributed by atoms with Gasteiger partial charge in [0.2, 0.25) is 0 Å². The van der Waals surface area contributed by atoms with Crippen LogP contribution in [0.5, 0.6) is 0 Å². The minimum Gasteiger partial charge on any atom is -0.348 e. The molecular weight excluding hydrogens is 306 g/mol. The van der Waals surface area contributed by atoms with Crippen LogP contribution in [0.1, 0.15) is 23.0 Å². The Hall–Kier alpha value is -1.77. The number of rotatable bonds is 4. The van der Waals surface area contributed by atoms with Crippen LogP contribution >= 0.6 is 11.3 Å². The molecule has 0 atom stereocenters. The van der Waals surface area contributed by atoms with Gasteiger partial charge in [0, 0.05) is 18.6 Å². The van der Waals surface area contributed by atoms with Crippen molar-refractivity contribution in [2.75, 3.05) is 26.8 Å². The maximum atomic E-state index is 12.7. The summed E-state index contributed by atoms with van der Waals surface area (Å²) in [4.78, 5) is 31.7. The van der Waals surface area contributed by atoms with Crippen molar-refractivity contribution in [2.24, 2.45) is 0 Å². The first-order chi connectivity index (χ1) is 10.6. The predicted octanol–water partition coefficient (Wildman–Crippen LogP) is 0.763. The zero-order valence-corrected chi connectivity index (χ0v) is 13.3. The maximum Gasteiger partial charge on any atom is 0.271 e. The highest BCUT2D eigenvalue weighted by Gasteiger charge is 2.26. The van der Waals surface area contributed by atoms with Crippen LogP contribution in [0.15, 0.2) is 16.4 Å². The number of carbonyl (C=O) groups excluding carboxylic acids is 1. The summed E-state index contributed by atoms with van der Waals surface area (Å²) in [5.74, 6) is -0.353. The van der Waals surface area contributed by atoms with Crippen molar-refractivity contribution in [3.63, 3.8) is 0 Å². The third-order valence-electron chi connectivity index (χ3n) is 3.55. The third-order valence-corrected chi connectivity index (χ3v) is 4.31. The summed E-state index contributed by atoms with van der Waals surface area (Å²) < 4.78 is 12.1. The first kappa shape index (κ1) is 15.1. The lowest BCUT2D eigenvalue weighted by atomic mass is 10.1. The number of thiazole rings is 1. The Bertz CT molecular complexity index is 748. The summed E-state index contributed by atoms with van der Waals surface area (Å²) in [5.41, 5.74) is 0.324. The molecule has 0 N–H and O–H groups in total. The van der Waals surface area contributed by atoms with Crippen molar-refractivity contribution < 1.29 is 14.3 Å². The van der Waals surface area contributed by atoms with Gasteiger partial charge < -0.3 is 14.4 Å². The molecule has 0 spiro atoms. The summed E-state index contributed by atoms with van der Waals surface area (Å²) in [7, 11) is 1.63. The van der Waals surface area contributed by atoms with Crippen LogP contribution in [0.3, 0.4) is 0 Å². The van der Waals surface area contributed by atoms with Gasteiger partial charge in [-0.05, 0) is 6.42 Å². The van der Waals surface area contributed by atoms with Gasteiger partial charge in [0.25, 0.3) is 11.5 Å². The zero-order chi connectivity index (χ0) is 15.7. The van der Waals surface area contributed by atoms with Crippen LogP contribution in [0.25, 0.3) is 4.96 Å². The van der Waals surface area contributed by atoms with E-state index in [0.717, 1.165) is 0 Å².